The molecule has 6 nitrogen and oxygen atoms in total. The molecule has 4 rings (SSSR count). The fourth-order valence-corrected chi connectivity index (χ4v) is 6.42. The van der Waals surface area contributed by atoms with Crippen LogP contribution in [-0.4, -0.2) is 45.9 Å². The predicted octanol–water partition coefficient (Wildman–Crippen LogP) is 2.07. The molecule has 132 valence electrons. The van der Waals surface area contributed by atoms with Crippen LogP contribution in [0.15, 0.2) is 39.9 Å². The van der Waals surface area contributed by atoms with Gasteiger partial charge in [-0.05, 0) is 41.6 Å². The highest BCUT2D eigenvalue weighted by molar-refractivity contribution is 7.91. The number of amides is 1. The molecule has 1 spiro atoms. The average Bonchev–Trinajstić information content (AvgIpc) is 3.33. The highest BCUT2D eigenvalue weighted by Crippen LogP contribution is 2.48. The van der Waals surface area contributed by atoms with Crippen LogP contribution in [-0.2, 0) is 20.2 Å². The van der Waals surface area contributed by atoms with Gasteiger partial charge in [-0.2, -0.15) is 4.31 Å². The first-order chi connectivity index (χ1) is 11.9. The Bertz CT molecular complexity index is 940. The number of methoxy groups -OCH3 is 1. The minimum absolute atomic E-state index is 0.0559. The number of rotatable bonds is 3. The molecule has 0 aliphatic carbocycles. The molecule has 0 bridgehead atoms. The lowest BCUT2D eigenvalue weighted by molar-refractivity contribution is -0.122. The Hall–Kier alpha value is -1.90. The van der Waals surface area contributed by atoms with Gasteiger partial charge < -0.3 is 9.64 Å². The van der Waals surface area contributed by atoms with Crippen molar-refractivity contribution in [2.45, 2.75) is 16.0 Å². The van der Waals surface area contributed by atoms with E-state index >= 15 is 0 Å². The number of carbonyl (C=O) groups excluding carboxylic acids is 1. The van der Waals surface area contributed by atoms with Crippen LogP contribution in [0, 0.1) is 0 Å². The van der Waals surface area contributed by atoms with Crippen LogP contribution in [0.2, 0.25) is 0 Å². The lowest BCUT2D eigenvalue weighted by Crippen LogP contribution is -2.42. The Balaban J connectivity index is 1.76. The Morgan fingerprint density at radius 2 is 2.08 bits per heavy atom. The second-order valence-corrected chi connectivity index (χ2v) is 9.46. The highest BCUT2D eigenvalue weighted by atomic mass is 32.2. The number of likely N-dealkylation sites (N-methyl/N-ethyl adjacent to an activating group) is 1. The molecule has 0 N–H and O–H groups in total. The molecule has 0 unspecified atom stereocenters. The Morgan fingerprint density at radius 3 is 2.76 bits per heavy atom. The topological polar surface area (TPSA) is 66.9 Å². The second kappa shape index (κ2) is 5.55. The van der Waals surface area contributed by atoms with Gasteiger partial charge in [0.2, 0.25) is 5.91 Å². The van der Waals surface area contributed by atoms with Crippen molar-refractivity contribution in [1.82, 2.24) is 4.31 Å². The average molecular weight is 378 g/mol. The third kappa shape index (κ3) is 2.24. The number of hydrogen-bond acceptors (Lipinski definition) is 5. The van der Waals surface area contributed by atoms with Crippen LogP contribution in [0.3, 0.4) is 0 Å². The molecule has 1 aromatic carbocycles. The summed E-state index contributed by atoms with van der Waals surface area (Å²) in [5, 5.41) is 1.74. The Morgan fingerprint density at radius 1 is 1.28 bits per heavy atom. The summed E-state index contributed by atoms with van der Waals surface area (Å²) in [5.41, 5.74) is 0.840. The van der Waals surface area contributed by atoms with Crippen LogP contribution in [0.1, 0.15) is 12.0 Å². The molecule has 1 fully saturated rings. The molecule has 25 heavy (non-hydrogen) atoms. The number of hydrogen-bond donors (Lipinski definition) is 0. The fourth-order valence-electron chi connectivity index (χ4n) is 3.78. The van der Waals surface area contributed by atoms with E-state index in [-0.39, 0.29) is 12.5 Å². The van der Waals surface area contributed by atoms with E-state index in [1.165, 1.54) is 15.6 Å². The van der Waals surface area contributed by atoms with Crippen molar-refractivity contribution in [2.24, 2.45) is 0 Å². The van der Waals surface area contributed by atoms with Gasteiger partial charge >= 0.3 is 0 Å². The van der Waals surface area contributed by atoms with Crippen LogP contribution < -0.4 is 9.64 Å². The van der Waals surface area contributed by atoms with Gasteiger partial charge in [0.15, 0.2) is 0 Å². The standard InChI is InChI=1S/C17H18N2O4S2/c1-18-14-6-5-12(23-2)10-13(14)17(16(18)20)7-8-19(11-17)25(21,22)15-4-3-9-24-15/h3-6,9-10H,7-8,11H2,1-2H3/t17-/m0/s1. The maximum absolute atomic E-state index is 13.0. The van der Waals surface area contributed by atoms with Gasteiger partial charge in [0.25, 0.3) is 10.0 Å². The smallest absolute Gasteiger partial charge is 0.252 e. The minimum atomic E-state index is -3.57. The zero-order valence-electron chi connectivity index (χ0n) is 13.9. The van der Waals surface area contributed by atoms with Crippen molar-refractivity contribution in [3.63, 3.8) is 0 Å². The Kier molecular flexibility index (Phi) is 3.68. The third-order valence-electron chi connectivity index (χ3n) is 5.12. The van der Waals surface area contributed by atoms with E-state index in [1.807, 2.05) is 18.2 Å². The van der Waals surface area contributed by atoms with Crippen molar-refractivity contribution in [3.05, 3.63) is 41.3 Å². The number of sulfonamides is 1. The van der Waals surface area contributed by atoms with Crippen molar-refractivity contribution in [3.8, 4) is 5.75 Å². The molecule has 1 aromatic heterocycles. The summed E-state index contributed by atoms with van der Waals surface area (Å²) in [6.45, 7) is 0.493. The van der Waals surface area contributed by atoms with Gasteiger partial charge in [-0.15, -0.1) is 11.3 Å². The number of fused-ring (bicyclic) bond motifs is 2. The highest BCUT2D eigenvalue weighted by Gasteiger charge is 2.55. The van der Waals surface area contributed by atoms with Gasteiger partial charge in [-0.1, -0.05) is 6.07 Å². The quantitative estimate of drug-likeness (QED) is 0.820. The minimum Gasteiger partial charge on any atom is -0.497 e. The monoisotopic (exact) mass is 378 g/mol. The van der Waals surface area contributed by atoms with E-state index in [9.17, 15) is 13.2 Å². The van der Waals surface area contributed by atoms with Crippen molar-refractivity contribution in [1.29, 1.82) is 0 Å². The van der Waals surface area contributed by atoms with E-state index in [0.29, 0.717) is 22.9 Å². The third-order valence-corrected chi connectivity index (χ3v) is 8.34. The SMILES string of the molecule is COc1ccc2c(c1)[C@@]1(CCN(S(=O)(=O)c3cccs3)C1)C(=O)N2C. The van der Waals surface area contributed by atoms with Crippen molar-refractivity contribution < 1.29 is 17.9 Å². The molecular weight excluding hydrogens is 360 g/mol. The summed E-state index contributed by atoms with van der Waals surface area (Å²) in [4.78, 5) is 14.6. The number of anilines is 1. The van der Waals surface area contributed by atoms with Crippen LogP contribution in [0.25, 0.3) is 0 Å². The van der Waals surface area contributed by atoms with Crippen LogP contribution >= 0.6 is 11.3 Å². The maximum atomic E-state index is 13.0. The first-order valence-electron chi connectivity index (χ1n) is 7.90. The molecule has 1 saturated heterocycles. The molecule has 2 aliphatic heterocycles. The zero-order chi connectivity index (χ0) is 17.8. The molecular formula is C17H18N2O4S2. The lowest BCUT2D eigenvalue weighted by atomic mass is 9.81. The number of carbonyl (C=O) groups is 1. The van der Waals surface area contributed by atoms with E-state index in [1.54, 1.807) is 36.6 Å². The summed E-state index contributed by atoms with van der Waals surface area (Å²) >= 11 is 1.20. The van der Waals surface area contributed by atoms with Gasteiger partial charge in [-0.25, -0.2) is 8.42 Å². The fraction of sp³-hybridized carbons (Fsp3) is 0.353. The molecule has 2 aromatic rings. The normalized spacial score (nSPS) is 23.4. The molecule has 2 aliphatic rings. The summed E-state index contributed by atoms with van der Waals surface area (Å²) in [5.74, 6) is 0.612. The first kappa shape index (κ1) is 16.6. The summed E-state index contributed by atoms with van der Waals surface area (Å²) in [6, 6.07) is 8.86. The van der Waals surface area contributed by atoms with Gasteiger partial charge in [0.1, 0.15) is 9.96 Å². The van der Waals surface area contributed by atoms with Crippen LogP contribution in [0.5, 0.6) is 5.75 Å². The second-order valence-electron chi connectivity index (χ2n) is 6.35. The zero-order valence-corrected chi connectivity index (χ0v) is 15.6. The Labute approximate surface area is 150 Å². The summed E-state index contributed by atoms with van der Waals surface area (Å²) < 4.78 is 32.7. The maximum Gasteiger partial charge on any atom is 0.252 e. The van der Waals surface area contributed by atoms with Crippen molar-refractivity contribution in [2.75, 3.05) is 32.1 Å². The first-order valence-corrected chi connectivity index (χ1v) is 10.2. The number of benzene rings is 1. The number of nitrogens with zero attached hydrogens (tertiary/aromatic N) is 2. The molecule has 1 atom stereocenters. The van der Waals surface area contributed by atoms with Crippen molar-refractivity contribution >= 4 is 33.0 Å². The number of thiophene rings is 1. The summed E-state index contributed by atoms with van der Waals surface area (Å²) in [7, 11) is -0.253. The van der Waals surface area contributed by atoms with Gasteiger partial charge in [-0.3, -0.25) is 4.79 Å². The molecule has 3 heterocycles. The van der Waals surface area contributed by atoms with E-state index in [0.717, 1.165) is 11.3 Å². The van der Waals surface area contributed by atoms with E-state index in [4.69, 9.17) is 4.74 Å². The molecule has 0 radical (unpaired) electrons. The van der Waals surface area contributed by atoms with E-state index in [2.05, 4.69) is 0 Å². The van der Waals surface area contributed by atoms with Gasteiger partial charge in [0, 0.05) is 25.8 Å². The summed E-state index contributed by atoms with van der Waals surface area (Å²) in [6.07, 6.45) is 0.473. The predicted molar refractivity (Wildman–Crippen MR) is 95.8 cm³/mol. The number of ether oxygens (including phenoxy) is 1. The largest absolute Gasteiger partial charge is 0.497 e. The lowest BCUT2D eigenvalue weighted by Gasteiger charge is -2.23. The molecule has 8 heteroatoms. The van der Waals surface area contributed by atoms with Crippen LogP contribution in [0.4, 0.5) is 5.69 Å². The molecule has 0 saturated carbocycles. The van der Waals surface area contributed by atoms with E-state index < -0.39 is 15.4 Å². The van der Waals surface area contributed by atoms with Gasteiger partial charge in [0.05, 0.1) is 12.5 Å². The molecule has 1 amide bonds.